The first kappa shape index (κ1) is 12.2. The van der Waals surface area contributed by atoms with Crippen LogP contribution in [0.15, 0.2) is 24.3 Å². The monoisotopic (exact) mass is 221 g/mol. The Labute approximate surface area is 94.6 Å². The van der Waals surface area contributed by atoms with E-state index in [1.54, 1.807) is 31.2 Å². The summed E-state index contributed by atoms with van der Waals surface area (Å²) in [6.07, 6.45) is 0. The lowest BCUT2D eigenvalue weighted by Crippen LogP contribution is -2.22. The van der Waals surface area contributed by atoms with Crippen molar-refractivity contribution in [1.29, 1.82) is 0 Å². The number of nitrogens with one attached hydrogen (secondary N) is 1. The maximum atomic E-state index is 11.4. The first-order valence-corrected chi connectivity index (χ1v) is 5.24. The van der Waals surface area contributed by atoms with Crippen molar-refractivity contribution < 1.29 is 14.3 Å². The molecule has 0 spiro atoms. The van der Waals surface area contributed by atoms with Gasteiger partial charge in [0.2, 0.25) is 0 Å². The average molecular weight is 221 g/mol. The first-order chi connectivity index (χ1) is 7.69. The molecule has 0 fully saturated rings. The summed E-state index contributed by atoms with van der Waals surface area (Å²) in [6.45, 7) is 4.53. The second kappa shape index (κ2) is 5.90. The number of esters is 1. The van der Waals surface area contributed by atoms with Crippen LogP contribution in [0.5, 0.6) is 0 Å². The van der Waals surface area contributed by atoms with Crippen LogP contribution in [0, 0.1) is 0 Å². The summed E-state index contributed by atoms with van der Waals surface area (Å²) < 4.78 is 4.84. The molecule has 0 aromatic heterocycles. The van der Waals surface area contributed by atoms with E-state index in [0.29, 0.717) is 24.3 Å². The summed E-state index contributed by atoms with van der Waals surface area (Å²) in [4.78, 5) is 22.8. The minimum atomic E-state index is -0.370. The molecule has 0 aliphatic carbocycles. The zero-order valence-corrected chi connectivity index (χ0v) is 9.45. The van der Waals surface area contributed by atoms with E-state index in [1.807, 2.05) is 6.92 Å². The van der Waals surface area contributed by atoms with Crippen molar-refractivity contribution in [2.45, 2.75) is 13.8 Å². The highest BCUT2D eigenvalue weighted by molar-refractivity contribution is 5.96. The van der Waals surface area contributed by atoms with E-state index in [2.05, 4.69) is 5.32 Å². The molecule has 1 aromatic rings. The van der Waals surface area contributed by atoms with Gasteiger partial charge in [-0.3, -0.25) is 4.79 Å². The fraction of sp³-hybridized carbons (Fsp3) is 0.333. The fourth-order valence-corrected chi connectivity index (χ4v) is 1.23. The Balaban J connectivity index is 2.75. The summed E-state index contributed by atoms with van der Waals surface area (Å²) in [5, 5.41) is 2.68. The minimum absolute atomic E-state index is 0.141. The van der Waals surface area contributed by atoms with Crippen LogP contribution in [0.4, 0.5) is 0 Å². The molecule has 0 unspecified atom stereocenters. The van der Waals surface area contributed by atoms with Gasteiger partial charge in [0, 0.05) is 12.1 Å². The zero-order chi connectivity index (χ0) is 12.0. The molecule has 0 aliphatic rings. The molecule has 86 valence electrons. The minimum Gasteiger partial charge on any atom is -0.462 e. The number of hydrogen-bond acceptors (Lipinski definition) is 3. The standard InChI is InChI=1S/C12H15NO3/c1-3-13-11(14)9-5-7-10(8-6-9)12(15)16-4-2/h5-8H,3-4H2,1-2H3,(H,13,14). The summed E-state index contributed by atoms with van der Waals surface area (Å²) in [7, 11) is 0. The van der Waals surface area contributed by atoms with Crippen LogP contribution in [-0.2, 0) is 4.74 Å². The fourth-order valence-electron chi connectivity index (χ4n) is 1.23. The third kappa shape index (κ3) is 3.08. The molecular weight excluding hydrogens is 206 g/mol. The van der Waals surface area contributed by atoms with E-state index >= 15 is 0 Å². The van der Waals surface area contributed by atoms with Crippen molar-refractivity contribution in [1.82, 2.24) is 5.32 Å². The van der Waals surface area contributed by atoms with E-state index < -0.39 is 0 Å². The van der Waals surface area contributed by atoms with Gasteiger partial charge in [-0.15, -0.1) is 0 Å². The van der Waals surface area contributed by atoms with Crippen LogP contribution in [0.3, 0.4) is 0 Å². The lowest BCUT2D eigenvalue weighted by molar-refractivity contribution is 0.0526. The van der Waals surface area contributed by atoms with E-state index in [1.165, 1.54) is 0 Å². The molecular formula is C12H15NO3. The van der Waals surface area contributed by atoms with Crippen LogP contribution in [0.25, 0.3) is 0 Å². The smallest absolute Gasteiger partial charge is 0.338 e. The topological polar surface area (TPSA) is 55.4 Å². The van der Waals surface area contributed by atoms with E-state index in [-0.39, 0.29) is 11.9 Å². The van der Waals surface area contributed by atoms with Gasteiger partial charge in [0.25, 0.3) is 5.91 Å². The summed E-state index contributed by atoms with van der Waals surface area (Å²) in [5.41, 5.74) is 0.991. The number of rotatable bonds is 4. The maximum absolute atomic E-state index is 11.4. The van der Waals surface area contributed by atoms with Gasteiger partial charge in [-0.1, -0.05) is 0 Å². The second-order valence-electron chi connectivity index (χ2n) is 3.16. The number of hydrogen-bond donors (Lipinski definition) is 1. The highest BCUT2D eigenvalue weighted by Crippen LogP contribution is 2.06. The molecule has 0 aliphatic heterocycles. The molecule has 0 saturated heterocycles. The molecule has 1 rings (SSSR count). The summed E-state index contributed by atoms with van der Waals surface area (Å²) in [5.74, 6) is -0.511. The molecule has 0 radical (unpaired) electrons. The van der Waals surface area contributed by atoms with Gasteiger partial charge in [-0.2, -0.15) is 0 Å². The molecule has 0 saturated carbocycles. The summed E-state index contributed by atoms with van der Waals surface area (Å²) in [6, 6.07) is 6.39. The van der Waals surface area contributed by atoms with E-state index in [0.717, 1.165) is 0 Å². The van der Waals surface area contributed by atoms with Crippen molar-refractivity contribution >= 4 is 11.9 Å². The largest absolute Gasteiger partial charge is 0.462 e. The molecule has 1 aromatic carbocycles. The van der Waals surface area contributed by atoms with Crippen molar-refractivity contribution in [3.8, 4) is 0 Å². The third-order valence-corrected chi connectivity index (χ3v) is 2.00. The molecule has 4 heteroatoms. The molecule has 0 bridgehead atoms. The average Bonchev–Trinajstić information content (AvgIpc) is 2.30. The van der Waals surface area contributed by atoms with Gasteiger partial charge in [0.05, 0.1) is 12.2 Å². The van der Waals surface area contributed by atoms with Gasteiger partial charge in [-0.05, 0) is 38.1 Å². The SMILES string of the molecule is CCNC(=O)c1ccc(C(=O)OCC)cc1. The van der Waals surface area contributed by atoms with Gasteiger partial charge < -0.3 is 10.1 Å². The Morgan fingerprint density at radius 2 is 1.69 bits per heavy atom. The van der Waals surface area contributed by atoms with Crippen LogP contribution in [0.1, 0.15) is 34.6 Å². The van der Waals surface area contributed by atoms with Crippen molar-refractivity contribution in [3.63, 3.8) is 0 Å². The van der Waals surface area contributed by atoms with Crippen molar-refractivity contribution in [2.24, 2.45) is 0 Å². The van der Waals surface area contributed by atoms with E-state index in [9.17, 15) is 9.59 Å². The van der Waals surface area contributed by atoms with Gasteiger partial charge in [0.15, 0.2) is 0 Å². The van der Waals surface area contributed by atoms with Crippen LogP contribution in [0.2, 0.25) is 0 Å². The van der Waals surface area contributed by atoms with Gasteiger partial charge in [0.1, 0.15) is 0 Å². The van der Waals surface area contributed by atoms with Crippen LogP contribution < -0.4 is 5.32 Å². The highest BCUT2D eigenvalue weighted by Gasteiger charge is 2.08. The lowest BCUT2D eigenvalue weighted by atomic mass is 10.1. The molecule has 4 nitrogen and oxygen atoms in total. The Morgan fingerprint density at radius 3 is 2.19 bits per heavy atom. The number of ether oxygens (including phenoxy) is 1. The van der Waals surface area contributed by atoms with Gasteiger partial charge >= 0.3 is 5.97 Å². The van der Waals surface area contributed by atoms with E-state index in [4.69, 9.17) is 4.74 Å². The van der Waals surface area contributed by atoms with Crippen molar-refractivity contribution in [2.75, 3.05) is 13.2 Å². The first-order valence-electron chi connectivity index (χ1n) is 5.24. The number of carbonyl (C=O) groups is 2. The number of amides is 1. The number of carbonyl (C=O) groups excluding carboxylic acids is 2. The second-order valence-corrected chi connectivity index (χ2v) is 3.16. The molecule has 0 heterocycles. The number of benzene rings is 1. The quantitative estimate of drug-likeness (QED) is 0.786. The Bertz CT molecular complexity index is 333. The summed E-state index contributed by atoms with van der Waals surface area (Å²) >= 11 is 0. The molecule has 16 heavy (non-hydrogen) atoms. The highest BCUT2D eigenvalue weighted by atomic mass is 16.5. The Kier molecular flexibility index (Phi) is 4.51. The Hall–Kier alpha value is -1.84. The maximum Gasteiger partial charge on any atom is 0.338 e. The Morgan fingerprint density at radius 1 is 1.12 bits per heavy atom. The lowest BCUT2D eigenvalue weighted by Gasteiger charge is -2.04. The zero-order valence-electron chi connectivity index (χ0n) is 9.45. The predicted octanol–water partition coefficient (Wildman–Crippen LogP) is 1.61. The van der Waals surface area contributed by atoms with Crippen LogP contribution in [-0.4, -0.2) is 25.0 Å². The van der Waals surface area contributed by atoms with Crippen molar-refractivity contribution in [3.05, 3.63) is 35.4 Å². The normalized spacial score (nSPS) is 9.62. The van der Waals surface area contributed by atoms with Gasteiger partial charge in [-0.25, -0.2) is 4.79 Å². The molecule has 1 N–H and O–H groups in total. The third-order valence-electron chi connectivity index (χ3n) is 2.00. The predicted molar refractivity (Wildman–Crippen MR) is 60.4 cm³/mol. The van der Waals surface area contributed by atoms with Crippen LogP contribution >= 0.6 is 0 Å². The molecule has 1 amide bonds. The molecule has 0 atom stereocenters.